The summed E-state index contributed by atoms with van der Waals surface area (Å²) >= 11 is 0. The van der Waals surface area contributed by atoms with Gasteiger partial charge in [0.05, 0.1) is 0 Å². The molecule has 0 fully saturated rings. The summed E-state index contributed by atoms with van der Waals surface area (Å²) < 4.78 is 38.7. The maximum absolute atomic E-state index is 13.0. The summed E-state index contributed by atoms with van der Waals surface area (Å²) in [5.74, 6) is 1.23. The molecule has 0 spiro atoms. The zero-order valence-electron chi connectivity index (χ0n) is 11.2. The monoisotopic (exact) mass is 270 g/mol. The molecule has 2 unspecified atom stereocenters. The van der Waals surface area contributed by atoms with Gasteiger partial charge in [0.15, 0.2) is 17.5 Å². The minimum Gasteiger partial charge on any atom is -0.378 e. The van der Waals surface area contributed by atoms with Crippen molar-refractivity contribution in [1.29, 1.82) is 0 Å². The van der Waals surface area contributed by atoms with Crippen LogP contribution in [0.3, 0.4) is 0 Å². The Morgan fingerprint density at radius 1 is 1.26 bits per heavy atom. The van der Waals surface area contributed by atoms with Crippen LogP contribution in [0.25, 0.3) is 0 Å². The number of aliphatic hydroxyl groups is 1. The lowest BCUT2D eigenvalue weighted by molar-refractivity contribution is 0.0939. The first kappa shape index (κ1) is 15.6. The van der Waals surface area contributed by atoms with E-state index in [0.717, 1.165) is 18.6 Å². The van der Waals surface area contributed by atoms with Gasteiger partial charge in [-0.15, -0.1) is 0 Å². The van der Waals surface area contributed by atoms with Crippen LogP contribution in [0, 0.1) is 35.2 Å². The lowest BCUT2D eigenvalue weighted by atomic mass is 9.92. The van der Waals surface area contributed by atoms with Crippen molar-refractivity contribution in [3.8, 4) is 11.8 Å². The first-order chi connectivity index (χ1) is 8.75. The summed E-state index contributed by atoms with van der Waals surface area (Å²) in [7, 11) is 0. The van der Waals surface area contributed by atoms with E-state index >= 15 is 0 Å². The predicted molar refractivity (Wildman–Crippen MR) is 67.9 cm³/mol. The van der Waals surface area contributed by atoms with Crippen LogP contribution in [-0.4, -0.2) is 10.7 Å². The van der Waals surface area contributed by atoms with Crippen LogP contribution < -0.4 is 0 Å². The van der Waals surface area contributed by atoms with Gasteiger partial charge in [-0.2, -0.15) is 0 Å². The fourth-order valence-electron chi connectivity index (χ4n) is 1.71. The van der Waals surface area contributed by atoms with E-state index in [9.17, 15) is 18.3 Å². The van der Waals surface area contributed by atoms with Gasteiger partial charge in [-0.1, -0.05) is 32.1 Å². The Labute approximate surface area is 111 Å². The summed E-state index contributed by atoms with van der Waals surface area (Å²) in [5.41, 5.74) is -1.24. The molecule has 1 rings (SSSR count). The first-order valence-electron chi connectivity index (χ1n) is 6.15. The molecule has 2 atom stereocenters. The Bertz CT molecular complexity index is 489. The molecule has 0 aliphatic carbocycles. The van der Waals surface area contributed by atoms with E-state index in [1.807, 2.05) is 13.8 Å². The molecule has 0 aliphatic heterocycles. The minimum atomic E-state index is -1.52. The van der Waals surface area contributed by atoms with E-state index in [1.165, 1.54) is 0 Å². The molecule has 4 heteroatoms. The molecule has 0 saturated heterocycles. The molecule has 104 valence electrons. The van der Waals surface area contributed by atoms with E-state index < -0.39 is 23.1 Å². The summed E-state index contributed by atoms with van der Waals surface area (Å²) in [6.45, 7) is 5.52. The van der Waals surface area contributed by atoms with Crippen molar-refractivity contribution >= 4 is 0 Å². The highest BCUT2D eigenvalue weighted by Crippen LogP contribution is 2.19. The average molecular weight is 270 g/mol. The molecular weight excluding hydrogens is 253 g/mol. The fraction of sp³-hybridized carbons (Fsp3) is 0.467. The zero-order chi connectivity index (χ0) is 14.6. The normalized spacial score (nSPS) is 15.3. The highest BCUT2D eigenvalue weighted by atomic mass is 19.2. The molecule has 1 N–H and O–H groups in total. The fourth-order valence-corrected chi connectivity index (χ4v) is 1.71. The second-order valence-corrected chi connectivity index (χ2v) is 5.00. The summed E-state index contributed by atoms with van der Waals surface area (Å²) in [5, 5.41) is 10.0. The lowest BCUT2D eigenvalue weighted by Gasteiger charge is -2.20. The third kappa shape index (κ3) is 4.60. The quantitative estimate of drug-likeness (QED) is 0.656. The highest BCUT2D eigenvalue weighted by molar-refractivity contribution is 5.37. The second-order valence-electron chi connectivity index (χ2n) is 5.00. The molecule has 0 radical (unpaired) electrons. The zero-order valence-corrected chi connectivity index (χ0v) is 11.2. The molecule has 0 amide bonds. The van der Waals surface area contributed by atoms with Crippen molar-refractivity contribution in [3.05, 3.63) is 35.1 Å². The molecule has 1 nitrogen and oxygen atoms in total. The molecule has 0 saturated carbocycles. The van der Waals surface area contributed by atoms with Gasteiger partial charge < -0.3 is 5.11 Å². The van der Waals surface area contributed by atoms with Crippen LogP contribution in [0.5, 0.6) is 0 Å². The van der Waals surface area contributed by atoms with Crippen LogP contribution in [0.2, 0.25) is 0 Å². The molecule has 0 aliphatic rings. The lowest BCUT2D eigenvalue weighted by Crippen LogP contribution is -2.24. The Morgan fingerprint density at radius 2 is 1.79 bits per heavy atom. The van der Waals surface area contributed by atoms with Crippen molar-refractivity contribution in [2.24, 2.45) is 5.92 Å². The van der Waals surface area contributed by atoms with Crippen molar-refractivity contribution in [2.45, 2.75) is 39.2 Å². The molecule has 19 heavy (non-hydrogen) atoms. The van der Waals surface area contributed by atoms with Gasteiger partial charge in [0.2, 0.25) is 0 Å². The molecule has 0 aromatic heterocycles. The SMILES string of the molecule is CCC(C)CC(C)(O)C#Cc1cc(F)c(F)c(F)c1. The maximum atomic E-state index is 13.0. The number of hydrogen-bond donors (Lipinski definition) is 1. The topological polar surface area (TPSA) is 20.2 Å². The van der Waals surface area contributed by atoms with Gasteiger partial charge in [-0.05, 0) is 31.4 Å². The number of hydrogen-bond acceptors (Lipinski definition) is 1. The average Bonchev–Trinajstić information content (AvgIpc) is 2.32. The summed E-state index contributed by atoms with van der Waals surface area (Å²) in [4.78, 5) is 0. The maximum Gasteiger partial charge on any atom is 0.194 e. The molecule has 1 aromatic rings. The van der Waals surface area contributed by atoms with E-state index in [2.05, 4.69) is 11.8 Å². The van der Waals surface area contributed by atoms with Gasteiger partial charge in [-0.25, -0.2) is 13.2 Å². The van der Waals surface area contributed by atoms with Gasteiger partial charge in [0.25, 0.3) is 0 Å². The molecule has 0 heterocycles. The predicted octanol–water partition coefficient (Wildman–Crippen LogP) is 3.64. The van der Waals surface area contributed by atoms with Crippen molar-refractivity contribution in [3.63, 3.8) is 0 Å². The van der Waals surface area contributed by atoms with Crippen molar-refractivity contribution in [1.82, 2.24) is 0 Å². The summed E-state index contributed by atoms with van der Waals surface area (Å²) in [6, 6.07) is 1.62. The second kappa shape index (κ2) is 6.12. The Kier molecular flexibility index (Phi) is 5.02. The number of rotatable bonds is 3. The molecule has 0 bridgehead atoms. The van der Waals surface area contributed by atoms with Crippen LogP contribution in [-0.2, 0) is 0 Å². The minimum absolute atomic E-state index is 0.000765. The third-order valence-corrected chi connectivity index (χ3v) is 2.90. The van der Waals surface area contributed by atoms with E-state index in [1.54, 1.807) is 6.92 Å². The van der Waals surface area contributed by atoms with Gasteiger partial charge >= 0.3 is 0 Å². The molecular formula is C15H17F3O. The third-order valence-electron chi connectivity index (χ3n) is 2.90. The van der Waals surface area contributed by atoms with Crippen molar-refractivity contribution in [2.75, 3.05) is 0 Å². The van der Waals surface area contributed by atoms with Gasteiger partial charge in [-0.3, -0.25) is 0 Å². The Balaban J connectivity index is 2.94. The van der Waals surface area contributed by atoms with E-state index in [0.29, 0.717) is 6.42 Å². The summed E-state index contributed by atoms with van der Waals surface area (Å²) in [6.07, 6.45) is 1.36. The smallest absolute Gasteiger partial charge is 0.194 e. The van der Waals surface area contributed by atoms with E-state index in [-0.39, 0.29) is 11.5 Å². The number of halogens is 3. The van der Waals surface area contributed by atoms with Crippen LogP contribution >= 0.6 is 0 Å². The van der Waals surface area contributed by atoms with Gasteiger partial charge in [0, 0.05) is 5.56 Å². The Hall–Kier alpha value is -1.47. The van der Waals surface area contributed by atoms with Crippen molar-refractivity contribution < 1.29 is 18.3 Å². The first-order valence-corrected chi connectivity index (χ1v) is 6.15. The molecule has 1 aromatic carbocycles. The van der Waals surface area contributed by atoms with Gasteiger partial charge in [0.1, 0.15) is 5.60 Å². The number of benzene rings is 1. The largest absolute Gasteiger partial charge is 0.378 e. The van der Waals surface area contributed by atoms with E-state index in [4.69, 9.17) is 0 Å². The van der Waals surface area contributed by atoms with Crippen LogP contribution in [0.15, 0.2) is 12.1 Å². The Morgan fingerprint density at radius 3 is 2.26 bits per heavy atom. The highest BCUT2D eigenvalue weighted by Gasteiger charge is 2.19. The van der Waals surface area contributed by atoms with Crippen LogP contribution in [0.4, 0.5) is 13.2 Å². The standard InChI is InChI=1S/C15H17F3O/c1-4-10(2)9-15(3,19)6-5-11-7-12(16)14(18)13(17)8-11/h7-8,10,19H,4,9H2,1-3H3. The van der Waals surface area contributed by atoms with Crippen LogP contribution in [0.1, 0.15) is 39.2 Å².